The van der Waals surface area contributed by atoms with Crippen LogP contribution < -0.4 is 5.73 Å². The van der Waals surface area contributed by atoms with Crippen LogP contribution in [-0.2, 0) is 14.4 Å². The standard InChI is InChI=1S/C12H16N2O3/c13-10(15)6-3-7-14-11(16)8-4-1-2-5-9(8)12(14)17/h1-2,8-9H,3-7H2,(H2,13,15)/t8-,9-/m1/s1. The molecule has 0 aromatic rings. The van der Waals surface area contributed by atoms with Gasteiger partial charge >= 0.3 is 0 Å². The quantitative estimate of drug-likeness (QED) is 0.559. The van der Waals surface area contributed by atoms with Crippen molar-refractivity contribution >= 4 is 17.7 Å². The van der Waals surface area contributed by atoms with E-state index in [4.69, 9.17) is 5.73 Å². The summed E-state index contributed by atoms with van der Waals surface area (Å²) in [6, 6.07) is 0. The van der Waals surface area contributed by atoms with Crippen molar-refractivity contribution in [3.05, 3.63) is 12.2 Å². The van der Waals surface area contributed by atoms with Crippen molar-refractivity contribution in [1.29, 1.82) is 0 Å². The summed E-state index contributed by atoms with van der Waals surface area (Å²) in [6.07, 6.45) is 5.89. The molecule has 1 aliphatic heterocycles. The number of hydrogen-bond donors (Lipinski definition) is 1. The Labute approximate surface area is 99.6 Å². The van der Waals surface area contributed by atoms with Crippen LogP contribution in [0.5, 0.6) is 0 Å². The topological polar surface area (TPSA) is 80.5 Å². The molecule has 2 aliphatic rings. The maximum atomic E-state index is 12.0. The maximum Gasteiger partial charge on any atom is 0.233 e. The Hall–Kier alpha value is -1.65. The summed E-state index contributed by atoms with van der Waals surface area (Å²) in [5.41, 5.74) is 5.03. The zero-order valence-corrected chi connectivity index (χ0v) is 9.59. The second-order valence-corrected chi connectivity index (χ2v) is 4.55. The van der Waals surface area contributed by atoms with Crippen molar-refractivity contribution in [3.8, 4) is 0 Å². The van der Waals surface area contributed by atoms with Gasteiger partial charge in [0.25, 0.3) is 0 Å². The fourth-order valence-electron chi connectivity index (χ4n) is 2.50. The number of fused-ring (bicyclic) bond motifs is 1. The Kier molecular flexibility index (Phi) is 3.26. The van der Waals surface area contributed by atoms with Crippen LogP contribution in [0.15, 0.2) is 12.2 Å². The summed E-state index contributed by atoms with van der Waals surface area (Å²) < 4.78 is 0. The van der Waals surface area contributed by atoms with Gasteiger partial charge in [-0.3, -0.25) is 19.3 Å². The Morgan fingerprint density at radius 2 is 1.76 bits per heavy atom. The maximum absolute atomic E-state index is 12.0. The molecule has 3 amide bonds. The van der Waals surface area contributed by atoms with Crippen LogP contribution in [0.2, 0.25) is 0 Å². The summed E-state index contributed by atoms with van der Waals surface area (Å²) in [5.74, 6) is -0.937. The Bertz CT molecular complexity index is 363. The molecule has 2 rings (SSSR count). The minimum atomic E-state index is -0.400. The number of allylic oxidation sites excluding steroid dienone is 2. The lowest BCUT2D eigenvalue weighted by molar-refractivity contribution is -0.140. The highest BCUT2D eigenvalue weighted by Crippen LogP contribution is 2.34. The van der Waals surface area contributed by atoms with Crippen LogP contribution in [0, 0.1) is 11.8 Å². The van der Waals surface area contributed by atoms with Gasteiger partial charge in [-0.15, -0.1) is 0 Å². The number of hydrogen-bond acceptors (Lipinski definition) is 3. The molecule has 0 aromatic carbocycles. The van der Waals surface area contributed by atoms with Gasteiger partial charge in [0.05, 0.1) is 11.8 Å². The monoisotopic (exact) mass is 236 g/mol. The number of rotatable bonds is 4. The Morgan fingerprint density at radius 3 is 2.24 bits per heavy atom. The van der Waals surface area contributed by atoms with Crippen molar-refractivity contribution in [2.75, 3.05) is 6.54 Å². The predicted octanol–water partition coefficient (Wildman–Crippen LogP) is 0.203. The van der Waals surface area contributed by atoms with E-state index in [0.717, 1.165) is 0 Å². The average Bonchev–Trinajstić information content (AvgIpc) is 2.54. The van der Waals surface area contributed by atoms with E-state index in [1.807, 2.05) is 12.2 Å². The molecule has 0 bridgehead atoms. The number of imide groups is 1. The van der Waals surface area contributed by atoms with Crippen molar-refractivity contribution in [3.63, 3.8) is 0 Å². The lowest BCUT2D eigenvalue weighted by atomic mass is 9.85. The average molecular weight is 236 g/mol. The summed E-state index contributed by atoms with van der Waals surface area (Å²) >= 11 is 0. The molecular formula is C12H16N2O3. The number of nitrogens with zero attached hydrogens (tertiary/aromatic N) is 1. The van der Waals surface area contributed by atoms with Crippen LogP contribution in [0.4, 0.5) is 0 Å². The van der Waals surface area contributed by atoms with E-state index in [9.17, 15) is 14.4 Å². The minimum Gasteiger partial charge on any atom is -0.370 e. The van der Waals surface area contributed by atoms with Crippen LogP contribution in [0.1, 0.15) is 25.7 Å². The Balaban J connectivity index is 1.98. The molecule has 2 atom stereocenters. The van der Waals surface area contributed by atoms with Crippen LogP contribution >= 0.6 is 0 Å². The van der Waals surface area contributed by atoms with Gasteiger partial charge < -0.3 is 5.73 Å². The predicted molar refractivity (Wildman–Crippen MR) is 60.5 cm³/mol. The van der Waals surface area contributed by atoms with Gasteiger partial charge in [-0.05, 0) is 19.3 Å². The van der Waals surface area contributed by atoms with E-state index < -0.39 is 5.91 Å². The largest absolute Gasteiger partial charge is 0.370 e. The molecule has 0 saturated carbocycles. The molecule has 0 aromatic heterocycles. The summed E-state index contributed by atoms with van der Waals surface area (Å²) in [5, 5.41) is 0. The molecule has 1 saturated heterocycles. The molecule has 5 heteroatoms. The first kappa shape index (κ1) is 11.8. The molecule has 92 valence electrons. The SMILES string of the molecule is NC(=O)CCCN1C(=O)[C@@H]2CC=CC[C@H]2C1=O. The van der Waals surface area contributed by atoms with Gasteiger partial charge in [-0.2, -0.15) is 0 Å². The van der Waals surface area contributed by atoms with Crippen molar-refractivity contribution in [2.45, 2.75) is 25.7 Å². The minimum absolute atomic E-state index is 0.0891. The second-order valence-electron chi connectivity index (χ2n) is 4.55. The third kappa shape index (κ3) is 2.23. The molecule has 2 N–H and O–H groups in total. The highest BCUT2D eigenvalue weighted by atomic mass is 16.2. The number of carbonyl (C=O) groups excluding carboxylic acids is 3. The van der Waals surface area contributed by atoms with Crippen LogP contribution in [-0.4, -0.2) is 29.2 Å². The van der Waals surface area contributed by atoms with E-state index in [0.29, 0.717) is 25.8 Å². The third-order valence-electron chi connectivity index (χ3n) is 3.40. The number of nitrogens with two attached hydrogens (primary N) is 1. The number of likely N-dealkylation sites (tertiary alicyclic amines) is 1. The number of amides is 3. The highest BCUT2D eigenvalue weighted by Gasteiger charge is 2.46. The second kappa shape index (κ2) is 4.69. The molecule has 5 nitrogen and oxygen atoms in total. The molecule has 0 unspecified atom stereocenters. The summed E-state index contributed by atoms with van der Waals surface area (Å²) in [7, 11) is 0. The molecule has 0 spiro atoms. The third-order valence-corrected chi connectivity index (χ3v) is 3.40. The molecular weight excluding hydrogens is 220 g/mol. The smallest absolute Gasteiger partial charge is 0.233 e. The van der Waals surface area contributed by atoms with Gasteiger partial charge in [-0.25, -0.2) is 0 Å². The van der Waals surface area contributed by atoms with Crippen LogP contribution in [0.3, 0.4) is 0 Å². The number of carbonyl (C=O) groups is 3. The van der Waals surface area contributed by atoms with E-state index in [1.165, 1.54) is 4.90 Å². The van der Waals surface area contributed by atoms with Crippen molar-refractivity contribution in [1.82, 2.24) is 4.90 Å². The molecule has 17 heavy (non-hydrogen) atoms. The van der Waals surface area contributed by atoms with Crippen molar-refractivity contribution in [2.24, 2.45) is 17.6 Å². The fourth-order valence-corrected chi connectivity index (χ4v) is 2.50. The fraction of sp³-hybridized carbons (Fsp3) is 0.583. The Morgan fingerprint density at radius 1 is 1.24 bits per heavy atom. The summed E-state index contributed by atoms with van der Waals surface area (Å²) in [4.78, 5) is 35.9. The lowest BCUT2D eigenvalue weighted by Crippen LogP contribution is -2.32. The first-order valence-corrected chi connectivity index (χ1v) is 5.90. The van der Waals surface area contributed by atoms with Crippen molar-refractivity contribution < 1.29 is 14.4 Å². The van der Waals surface area contributed by atoms with Gasteiger partial charge in [0.15, 0.2) is 0 Å². The van der Waals surface area contributed by atoms with Gasteiger partial charge in [0.1, 0.15) is 0 Å². The van der Waals surface area contributed by atoms with Gasteiger partial charge in [0.2, 0.25) is 17.7 Å². The first-order chi connectivity index (χ1) is 8.11. The molecule has 1 fully saturated rings. The van der Waals surface area contributed by atoms with Crippen LogP contribution in [0.25, 0.3) is 0 Å². The normalized spacial score (nSPS) is 27.4. The number of primary amides is 1. The van der Waals surface area contributed by atoms with Gasteiger partial charge in [0, 0.05) is 13.0 Å². The van der Waals surface area contributed by atoms with E-state index >= 15 is 0 Å². The first-order valence-electron chi connectivity index (χ1n) is 5.90. The molecule has 1 aliphatic carbocycles. The summed E-state index contributed by atoms with van der Waals surface area (Å²) in [6.45, 7) is 0.313. The van der Waals surface area contributed by atoms with E-state index in [-0.39, 0.29) is 30.1 Å². The molecule has 0 radical (unpaired) electrons. The zero-order chi connectivity index (χ0) is 12.4. The highest BCUT2D eigenvalue weighted by molar-refractivity contribution is 6.05. The molecule has 1 heterocycles. The van der Waals surface area contributed by atoms with Gasteiger partial charge in [-0.1, -0.05) is 12.2 Å². The lowest BCUT2D eigenvalue weighted by Gasteiger charge is -2.14. The zero-order valence-electron chi connectivity index (χ0n) is 9.59. The van der Waals surface area contributed by atoms with E-state index in [2.05, 4.69) is 0 Å². The van der Waals surface area contributed by atoms with E-state index in [1.54, 1.807) is 0 Å².